The van der Waals surface area contributed by atoms with Crippen LogP contribution in [0.2, 0.25) is 0 Å². The number of hydrogen-bond acceptors (Lipinski definition) is 4. The lowest BCUT2D eigenvalue weighted by Crippen LogP contribution is -2.36. The number of carboxylic acids is 1. The van der Waals surface area contributed by atoms with Gasteiger partial charge in [0.1, 0.15) is 11.4 Å². The highest BCUT2D eigenvalue weighted by molar-refractivity contribution is 7.90. The fraction of sp³-hybridized carbons (Fsp3) is 0.333. The largest absolute Gasteiger partial charge is 0.480 e. The minimum absolute atomic E-state index is 0.136. The summed E-state index contributed by atoms with van der Waals surface area (Å²) < 4.78 is 27.5. The van der Waals surface area contributed by atoms with Crippen LogP contribution in [0.4, 0.5) is 0 Å². The number of fused-ring (bicyclic) bond motifs is 1. The van der Waals surface area contributed by atoms with Gasteiger partial charge in [-0.25, -0.2) is 0 Å². The van der Waals surface area contributed by atoms with E-state index in [0.29, 0.717) is 18.5 Å². The first-order valence-electron chi connectivity index (χ1n) is 5.87. The van der Waals surface area contributed by atoms with Crippen molar-refractivity contribution in [3.8, 4) is 0 Å². The number of sulfonamides is 1. The summed E-state index contributed by atoms with van der Waals surface area (Å²) >= 11 is 0. The average Bonchev–Trinajstić information content (AvgIpc) is 2.61. The molecule has 0 bridgehead atoms. The lowest BCUT2D eigenvalue weighted by atomic mass is 10.2. The van der Waals surface area contributed by atoms with E-state index in [1.54, 1.807) is 18.2 Å². The van der Waals surface area contributed by atoms with E-state index >= 15 is 0 Å². The van der Waals surface area contributed by atoms with Gasteiger partial charge < -0.3 is 10.0 Å². The molecule has 0 atom stereocenters. The maximum Gasteiger partial charge on any atom is 0.323 e. The van der Waals surface area contributed by atoms with Crippen LogP contribution in [0, 0.1) is 0 Å². The Morgan fingerprint density at radius 2 is 2.05 bits per heavy atom. The summed E-state index contributed by atoms with van der Waals surface area (Å²) in [6.07, 6.45) is 0.703. The highest BCUT2D eigenvalue weighted by Crippen LogP contribution is 2.27. The molecule has 1 aliphatic rings. The first-order chi connectivity index (χ1) is 8.95. The third kappa shape index (κ3) is 2.60. The number of rotatable bonds is 4. The topological polar surface area (TPSA) is 87.0 Å². The quantitative estimate of drug-likeness (QED) is 0.887. The molecular formula is C12H14N2O4S. The van der Waals surface area contributed by atoms with Gasteiger partial charge in [-0.2, -0.15) is 8.42 Å². The molecule has 2 rings (SSSR count). The third-order valence-corrected chi connectivity index (χ3v) is 4.06. The summed E-state index contributed by atoms with van der Waals surface area (Å²) in [7, 11) is -3.70. The van der Waals surface area contributed by atoms with Crippen molar-refractivity contribution in [2.24, 2.45) is 4.40 Å². The van der Waals surface area contributed by atoms with Crippen LogP contribution in [-0.4, -0.2) is 43.3 Å². The van der Waals surface area contributed by atoms with Gasteiger partial charge >= 0.3 is 5.97 Å². The van der Waals surface area contributed by atoms with Crippen molar-refractivity contribution in [1.29, 1.82) is 0 Å². The zero-order chi connectivity index (χ0) is 14.0. The van der Waals surface area contributed by atoms with Crippen LogP contribution >= 0.6 is 0 Å². The number of hydrogen-bond donors (Lipinski definition) is 1. The predicted octanol–water partition coefficient (Wildman–Crippen LogP) is 0.932. The monoisotopic (exact) mass is 282 g/mol. The molecule has 0 amide bonds. The maximum absolute atomic E-state index is 11.9. The molecule has 0 spiro atoms. The molecule has 0 radical (unpaired) electrons. The molecule has 0 saturated carbocycles. The minimum Gasteiger partial charge on any atom is -0.480 e. The van der Waals surface area contributed by atoms with Gasteiger partial charge in [0.2, 0.25) is 0 Å². The molecule has 0 aliphatic carbocycles. The van der Waals surface area contributed by atoms with Crippen molar-refractivity contribution >= 4 is 21.8 Å². The zero-order valence-corrected chi connectivity index (χ0v) is 11.2. The molecule has 1 aromatic rings. The van der Waals surface area contributed by atoms with Gasteiger partial charge in [0.15, 0.2) is 5.84 Å². The van der Waals surface area contributed by atoms with Crippen molar-refractivity contribution in [1.82, 2.24) is 4.90 Å². The standard InChI is InChI=1S/C12H14N2O4S/c1-2-7-14(8-11(15)16)12-9-5-3-4-6-10(9)19(17,18)13-12/h3-6H,2,7-8H2,1H3,(H,15,16). The molecule has 102 valence electrons. The molecule has 0 saturated heterocycles. The van der Waals surface area contributed by atoms with Crippen LogP contribution in [0.5, 0.6) is 0 Å². The van der Waals surface area contributed by atoms with Gasteiger partial charge in [0.25, 0.3) is 10.0 Å². The number of aliphatic carboxylic acids is 1. The van der Waals surface area contributed by atoms with E-state index in [1.807, 2.05) is 6.92 Å². The predicted molar refractivity (Wildman–Crippen MR) is 69.7 cm³/mol. The van der Waals surface area contributed by atoms with E-state index in [-0.39, 0.29) is 17.3 Å². The van der Waals surface area contributed by atoms with E-state index in [2.05, 4.69) is 4.40 Å². The van der Waals surface area contributed by atoms with E-state index in [4.69, 9.17) is 5.11 Å². The molecule has 1 aliphatic heterocycles. The van der Waals surface area contributed by atoms with Crippen LogP contribution in [0.3, 0.4) is 0 Å². The molecule has 1 aromatic carbocycles. The Bertz CT molecular complexity index is 637. The van der Waals surface area contributed by atoms with E-state index in [0.717, 1.165) is 0 Å². The van der Waals surface area contributed by atoms with Crippen LogP contribution < -0.4 is 0 Å². The molecular weight excluding hydrogens is 268 g/mol. The highest BCUT2D eigenvalue weighted by Gasteiger charge is 2.31. The number of amidine groups is 1. The molecule has 19 heavy (non-hydrogen) atoms. The molecule has 1 heterocycles. The van der Waals surface area contributed by atoms with E-state index < -0.39 is 16.0 Å². The number of nitrogens with zero attached hydrogens (tertiary/aromatic N) is 2. The highest BCUT2D eigenvalue weighted by atomic mass is 32.2. The van der Waals surface area contributed by atoms with Crippen molar-refractivity contribution < 1.29 is 18.3 Å². The molecule has 7 heteroatoms. The van der Waals surface area contributed by atoms with Gasteiger partial charge in [-0.1, -0.05) is 19.1 Å². The number of carboxylic acid groups (broad SMARTS) is 1. The molecule has 0 fully saturated rings. The van der Waals surface area contributed by atoms with Gasteiger partial charge in [0, 0.05) is 12.1 Å². The number of carbonyl (C=O) groups is 1. The van der Waals surface area contributed by atoms with Crippen molar-refractivity contribution in [2.45, 2.75) is 18.2 Å². The summed E-state index contributed by atoms with van der Waals surface area (Å²) in [5.74, 6) is -0.794. The van der Waals surface area contributed by atoms with Crippen molar-refractivity contribution in [3.05, 3.63) is 29.8 Å². The van der Waals surface area contributed by atoms with Crippen LogP contribution in [0.15, 0.2) is 33.6 Å². The van der Waals surface area contributed by atoms with Crippen molar-refractivity contribution in [2.75, 3.05) is 13.1 Å². The summed E-state index contributed by atoms with van der Waals surface area (Å²) in [5.41, 5.74) is 0.470. The van der Waals surface area contributed by atoms with Crippen molar-refractivity contribution in [3.63, 3.8) is 0 Å². The van der Waals surface area contributed by atoms with Crippen LogP contribution in [-0.2, 0) is 14.8 Å². The van der Waals surface area contributed by atoms with Gasteiger partial charge in [-0.3, -0.25) is 4.79 Å². The zero-order valence-electron chi connectivity index (χ0n) is 10.4. The Balaban J connectivity index is 2.47. The van der Waals surface area contributed by atoms with E-state index in [1.165, 1.54) is 11.0 Å². The lowest BCUT2D eigenvalue weighted by molar-refractivity contribution is -0.137. The minimum atomic E-state index is -3.70. The Hall–Kier alpha value is -1.89. The summed E-state index contributed by atoms with van der Waals surface area (Å²) in [4.78, 5) is 12.5. The fourth-order valence-electron chi connectivity index (χ4n) is 2.01. The molecule has 6 nitrogen and oxygen atoms in total. The molecule has 0 aromatic heterocycles. The SMILES string of the molecule is CCCN(CC(=O)O)C1=NS(=O)(=O)c2ccccc21. The summed E-state index contributed by atoms with van der Waals surface area (Å²) in [6.45, 7) is 2.07. The second kappa shape index (κ2) is 5.00. The Labute approximate surface area is 111 Å². The first kappa shape index (κ1) is 13.5. The summed E-state index contributed by atoms with van der Waals surface area (Å²) in [6, 6.07) is 6.45. The molecule has 1 N–H and O–H groups in total. The second-order valence-corrected chi connectivity index (χ2v) is 5.77. The smallest absolute Gasteiger partial charge is 0.323 e. The fourth-order valence-corrected chi connectivity index (χ4v) is 3.24. The summed E-state index contributed by atoms with van der Waals surface area (Å²) in [5, 5.41) is 8.90. The average molecular weight is 282 g/mol. The maximum atomic E-state index is 11.9. The molecule has 0 unspecified atom stereocenters. The Morgan fingerprint density at radius 3 is 2.68 bits per heavy atom. The van der Waals surface area contributed by atoms with E-state index in [9.17, 15) is 13.2 Å². The normalized spacial score (nSPS) is 15.7. The third-order valence-electron chi connectivity index (χ3n) is 2.73. The van der Waals surface area contributed by atoms with Gasteiger partial charge in [-0.15, -0.1) is 4.40 Å². The Morgan fingerprint density at radius 1 is 1.37 bits per heavy atom. The lowest BCUT2D eigenvalue weighted by Gasteiger charge is -2.21. The first-order valence-corrected chi connectivity index (χ1v) is 7.31. The van der Waals surface area contributed by atoms with Gasteiger partial charge in [0.05, 0.1) is 0 Å². The number of benzene rings is 1. The Kier molecular flexibility index (Phi) is 3.57. The second-order valence-electron chi connectivity index (χ2n) is 4.20. The van der Waals surface area contributed by atoms with Crippen LogP contribution in [0.25, 0.3) is 0 Å². The van der Waals surface area contributed by atoms with Gasteiger partial charge in [-0.05, 0) is 18.6 Å². The van der Waals surface area contributed by atoms with Crippen LogP contribution in [0.1, 0.15) is 18.9 Å².